The number of aryl methyl sites for hydroxylation is 1. The molecule has 0 saturated heterocycles. The van der Waals surface area contributed by atoms with Crippen LogP contribution < -0.4 is 20.7 Å². The summed E-state index contributed by atoms with van der Waals surface area (Å²) in [4.78, 5) is 56.3. The third kappa shape index (κ3) is 9.47. The van der Waals surface area contributed by atoms with Gasteiger partial charge in [0.05, 0.1) is 19.3 Å². The van der Waals surface area contributed by atoms with Crippen molar-refractivity contribution < 1.29 is 28.7 Å². The Bertz CT molecular complexity index is 2150. The zero-order valence-electron chi connectivity index (χ0n) is 30.1. The highest BCUT2D eigenvalue weighted by molar-refractivity contribution is 8.00. The molecule has 0 fully saturated rings. The molecule has 0 radical (unpaired) electrons. The average Bonchev–Trinajstić information content (AvgIpc) is 3.37. The normalized spacial score (nSPS) is 13.1. The molecule has 6 rings (SSSR count). The average molecular weight is 760 g/mol. The van der Waals surface area contributed by atoms with E-state index in [4.69, 9.17) is 9.47 Å². The molecule has 276 valence electrons. The summed E-state index contributed by atoms with van der Waals surface area (Å²) in [6, 6.07) is 32.4. The van der Waals surface area contributed by atoms with E-state index in [-0.39, 0.29) is 18.2 Å². The molecule has 5 aromatic rings. The quantitative estimate of drug-likeness (QED) is 0.0474. The number of hydrogen-bond acceptors (Lipinski definition) is 8. The molecule has 1 aliphatic rings. The van der Waals surface area contributed by atoms with Crippen molar-refractivity contribution in [2.24, 2.45) is 0 Å². The lowest BCUT2D eigenvalue weighted by atomic mass is 10.1. The highest BCUT2D eigenvalue weighted by Gasteiger charge is 2.30. The standard InChI is InChI=1S/C43H41N3O6S2/c1-3-52-43(50)37-33-23-11-6-12-25-36(33)54-42(37)46-41(49)38(28-16-7-4-8-17-28)53-32-22-15-21-31(27-32)44-40(48)34(26-30-20-13-14-24-35(30)51-2)45-39(47)29-18-9-5-10-19-29/h4-5,7-10,13-22,24,26-27,38H,3,6,11-12,23,25H2,1-2H3,(H,44,48)(H,45,47)(H,46,49)/b34-26+. The lowest BCUT2D eigenvalue weighted by molar-refractivity contribution is -0.116. The summed E-state index contributed by atoms with van der Waals surface area (Å²) in [6.45, 7) is 2.02. The van der Waals surface area contributed by atoms with Crippen molar-refractivity contribution in [1.29, 1.82) is 0 Å². The number of hydrogen-bond donors (Lipinski definition) is 3. The van der Waals surface area contributed by atoms with Crippen LogP contribution in [0.2, 0.25) is 0 Å². The van der Waals surface area contributed by atoms with Crippen molar-refractivity contribution in [3.05, 3.63) is 148 Å². The fourth-order valence-electron chi connectivity index (χ4n) is 6.19. The molecule has 1 aromatic heterocycles. The van der Waals surface area contributed by atoms with E-state index in [0.29, 0.717) is 38.0 Å². The number of ether oxygens (including phenoxy) is 2. The monoisotopic (exact) mass is 759 g/mol. The predicted molar refractivity (Wildman–Crippen MR) is 215 cm³/mol. The fraction of sp³-hybridized carbons (Fsp3) is 0.209. The molecule has 9 nitrogen and oxygen atoms in total. The SMILES string of the molecule is CCOC(=O)c1c(NC(=O)C(Sc2cccc(NC(=O)/C(=C\c3ccccc3OC)NC(=O)c3ccccc3)c2)c2ccccc2)sc2c1CCCCC2. The molecule has 1 aliphatic carbocycles. The number of amides is 3. The van der Waals surface area contributed by atoms with Crippen LogP contribution in [0.15, 0.2) is 120 Å². The van der Waals surface area contributed by atoms with Crippen LogP contribution in [0, 0.1) is 0 Å². The van der Waals surface area contributed by atoms with E-state index >= 15 is 0 Å². The maximum Gasteiger partial charge on any atom is 0.341 e. The number of carbonyl (C=O) groups is 4. The Morgan fingerprint density at radius 2 is 1.56 bits per heavy atom. The van der Waals surface area contributed by atoms with Gasteiger partial charge >= 0.3 is 5.97 Å². The number of fused-ring (bicyclic) bond motifs is 1. The number of anilines is 2. The van der Waals surface area contributed by atoms with Crippen LogP contribution in [0.3, 0.4) is 0 Å². The van der Waals surface area contributed by atoms with Crippen molar-refractivity contribution in [1.82, 2.24) is 5.32 Å². The maximum absolute atomic E-state index is 14.2. The third-order valence-electron chi connectivity index (χ3n) is 8.79. The number of thiophene rings is 1. The summed E-state index contributed by atoms with van der Waals surface area (Å²) in [5, 5.41) is 8.61. The Morgan fingerprint density at radius 1 is 0.833 bits per heavy atom. The van der Waals surface area contributed by atoms with Gasteiger partial charge in [0.25, 0.3) is 11.8 Å². The number of para-hydroxylation sites is 1. The topological polar surface area (TPSA) is 123 Å². The zero-order valence-corrected chi connectivity index (χ0v) is 31.7. The first-order valence-corrected chi connectivity index (χ1v) is 19.5. The number of thioether (sulfide) groups is 1. The van der Waals surface area contributed by atoms with Crippen LogP contribution in [0.5, 0.6) is 5.75 Å². The summed E-state index contributed by atoms with van der Waals surface area (Å²) in [7, 11) is 1.54. The van der Waals surface area contributed by atoms with Gasteiger partial charge in [0.1, 0.15) is 21.7 Å². The van der Waals surface area contributed by atoms with Crippen molar-refractivity contribution in [3.8, 4) is 5.75 Å². The van der Waals surface area contributed by atoms with Gasteiger partial charge in [-0.15, -0.1) is 23.1 Å². The lowest BCUT2D eigenvalue weighted by Gasteiger charge is -2.18. The van der Waals surface area contributed by atoms with E-state index in [0.717, 1.165) is 48.1 Å². The van der Waals surface area contributed by atoms with Crippen LogP contribution in [-0.4, -0.2) is 37.4 Å². The lowest BCUT2D eigenvalue weighted by Crippen LogP contribution is -2.30. The molecule has 0 bridgehead atoms. The second kappa shape index (κ2) is 18.4. The van der Waals surface area contributed by atoms with Gasteiger partial charge in [0.15, 0.2) is 0 Å². The van der Waals surface area contributed by atoms with Gasteiger partial charge in [0.2, 0.25) is 5.91 Å². The first kappa shape index (κ1) is 38.1. The Labute approximate surface area is 323 Å². The summed E-state index contributed by atoms with van der Waals surface area (Å²) in [5.74, 6) is -1.16. The van der Waals surface area contributed by atoms with E-state index in [1.807, 2.05) is 54.6 Å². The summed E-state index contributed by atoms with van der Waals surface area (Å²) < 4.78 is 10.9. The molecule has 0 saturated carbocycles. The van der Waals surface area contributed by atoms with Crippen LogP contribution >= 0.6 is 23.1 Å². The van der Waals surface area contributed by atoms with Crippen LogP contribution in [0.25, 0.3) is 6.08 Å². The first-order chi connectivity index (χ1) is 26.3. The Hall–Kier alpha value is -5.65. The molecule has 0 aliphatic heterocycles. The molecular weight excluding hydrogens is 719 g/mol. The molecule has 11 heteroatoms. The molecule has 54 heavy (non-hydrogen) atoms. The largest absolute Gasteiger partial charge is 0.496 e. The molecule has 0 spiro atoms. The van der Waals surface area contributed by atoms with Crippen molar-refractivity contribution >= 4 is 63.6 Å². The number of methoxy groups -OCH3 is 1. The van der Waals surface area contributed by atoms with Gasteiger partial charge in [-0.1, -0.05) is 79.2 Å². The molecule has 3 amide bonds. The second-order valence-electron chi connectivity index (χ2n) is 12.5. The van der Waals surface area contributed by atoms with Crippen LogP contribution in [0.1, 0.15) is 73.7 Å². The Kier molecular flexibility index (Phi) is 13.0. The molecule has 1 unspecified atom stereocenters. The molecule has 4 aromatic carbocycles. The highest BCUT2D eigenvalue weighted by Crippen LogP contribution is 2.41. The smallest absolute Gasteiger partial charge is 0.341 e. The van der Waals surface area contributed by atoms with Crippen molar-refractivity contribution in [2.75, 3.05) is 24.4 Å². The van der Waals surface area contributed by atoms with Gasteiger partial charge in [0, 0.05) is 26.6 Å². The highest BCUT2D eigenvalue weighted by atomic mass is 32.2. The summed E-state index contributed by atoms with van der Waals surface area (Å²) in [6.07, 6.45) is 6.32. The number of carbonyl (C=O) groups excluding carboxylic acids is 4. The summed E-state index contributed by atoms with van der Waals surface area (Å²) >= 11 is 2.78. The van der Waals surface area contributed by atoms with Crippen molar-refractivity contribution in [3.63, 3.8) is 0 Å². The first-order valence-electron chi connectivity index (χ1n) is 17.8. The van der Waals surface area contributed by atoms with Crippen LogP contribution in [0.4, 0.5) is 10.7 Å². The summed E-state index contributed by atoms with van der Waals surface area (Å²) in [5.41, 5.74) is 3.70. The van der Waals surface area contributed by atoms with E-state index in [1.54, 1.807) is 67.6 Å². The van der Waals surface area contributed by atoms with E-state index in [1.165, 1.54) is 30.2 Å². The third-order valence-corrected chi connectivity index (χ3v) is 11.2. The number of benzene rings is 4. The van der Waals surface area contributed by atoms with E-state index in [9.17, 15) is 19.2 Å². The molecule has 1 heterocycles. The Morgan fingerprint density at radius 3 is 2.31 bits per heavy atom. The van der Waals surface area contributed by atoms with Gasteiger partial charge in [-0.25, -0.2) is 4.79 Å². The van der Waals surface area contributed by atoms with Gasteiger partial charge in [-0.3, -0.25) is 14.4 Å². The Balaban J connectivity index is 1.26. The van der Waals surface area contributed by atoms with Crippen LogP contribution in [-0.2, 0) is 27.2 Å². The molecule has 3 N–H and O–H groups in total. The minimum Gasteiger partial charge on any atom is -0.496 e. The van der Waals surface area contributed by atoms with Gasteiger partial charge in [-0.2, -0.15) is 0 Å². The van der Waals surface area contributed by atoms with E-state index in [2.05, 4.69) is 16.0 Å². The fourth-order valence-corrected chi connectivity index (χ4v) is 8.56. The minimum absolute atomic E-state index is 0.0136. The zero-order chi connectivity index (χ0) is 37.9. The van der Waals surface area contributed by atoms with E-state index < -0.39 is 23.0 Å². The number of rotatable bonds is 13. The van der Waals surface area contributed by atoms with Gasteiger partial charge in [-0.05, 0) is 86.2 Å². The minimum atomic E-state index is -0.694. The molecule has 1 atom stereocenters. The van der Waals surface area contributed by atoms with Crippen molar-refractivity contribution in [2.45, 2.75) is 49.2 Å². The second-order valence-corrected chi connectivity index (χ2v) is 14.8. The van der Waals surface area contributed by atoms with Gasteiger partial charge < -0.3 is 25.4 Å². The maximum atomic E-state index is 14.2. The molecular formula is C43H41N3O6S2. The number of esters is 1. The number of nitrogens with one attached hydrogen (secondary N) is 3. The predicted octanol–water partition coefficient (Wildman–Crippen LogP) is 9.08.